The van der Waals surface area contributed by atoms with Gasteiger partial charge in [-0.15, -0.1) is 0 Å². The van der Waals surface area contributed by atoms with E-state index in [1.165, 1.54) is 0 Å². The van der Waals surface area contributed by atoms with Crippen LogP contribution >= 0.6 is 0 Å². The van der Waals surface area contributed by atoms with Crippen LogP contribution in [0.1, 0.15) is 54.6 Å². The molecule has 3 aromatic rings. The van der Waals surface area contributed by atoms with Crippen LogP contribution in [0.15, 0.2) is 18.3 Å². The summed E-state index contributed by atoms with van der Waals surface area (Å²) in [6.07, 6.45) is -0.491. The molecule has 1 aromatic carbocycles. The first-order valence-corrected chi connectivity index (χ1v) is 14.6. The maximum Gasteiger partial charge on any atom is 0.418 e. The van der Waals surface area contributed by atoms with E-state index in [-0.39, 0.29) is 34.7 Å². The second-order valence-electron chi connectivity index (χ2n) is 11.1. The third-order valence-corrected chi connectivity index (χ3v) is 8.48. The highest BCUT2D eigenvalue weighted by molar-refractivity contribution is 5.98. The second kappa shape index (κ2) is 11.6. The number of amides is 1. The van der Waals surface area contributed by atoms with Gasteiger partial charge in [-0.2, -0.15) is 23.1 Å². The molecule has 0 saturated carbocycles. The zero-order valence-electron chi connectivity index (χ0n) is 23.8. The summed E-state index contributed by atoms with van der Waals surface area (Å²) < 4.78 is 52.6. The molecule has 2 aromatic heterocycles. The highest BCUT2D eigenvalue weighted by Crippen LogP contribution is 2.40. The summed E-state index contributed by atoms with van der Waals surface area (Å²) in [5.41, 5.74) is 1.24. The molecule has 226 valence electrons. The number of hydrogen-bond acceptors (Lipinski definition) is 8. The van der Waals surface area contributed by atoms with Gasteiger partial charge in [0.15, 0.2) is 0 Å². The number of ether oxygens (including phenoxy) is 2. The van der Waals surface area contributed by atoms with Crippen LogP contribution in [0.5, 0.6) is 5.75 Å². The number of H-pyrrole nitrogens is 1. The molecule has 2 fully saturated rings. The van der Waals surface area contributed by atoms with Crippen molar-refractivity contribution in [1.82, 2.24) is 24.8 Å². The van der Waals surface area contributed by atoms with Crippen LogP contribution in [0.4, 0.5) is 30.6 Å². The first kappa shape index (κ1) is 28.5. The lowest BCUT2D eigenvalue weighted by Gasteiger charge is -2.40. The van der Waals surface area contributed by atoms with Gasteiger partial charge in [0.25, 0.3) is 5.91 Å². The molecule has 42 heavy (non-hydrogen) atoms. The number of likely N-dealkylation sites (tertiary alicyclic amines) is 1. The first-order valence-electron chi connectivity index (χ1n) is 14.6. The van der Waals surface area contributed by atoms with Gasteiger partial charge in [-0.05, 0) is 38.3 Å². The summed E-state index contributed by atoms with van der Waals surface area (Å²) in [6, 6.07) is 3.91. The van der Waals surface area contributed by atoms with Crippen LogP contribution in [-0.4, -0.2) is 88.7 Å². The molecule has 0 spiro atoms. The van der Waals surface area contributed by atoms with Gasteiger partial charge < -0.3 is 30.0 Å². The number of hydrogen-bond donors (Lipinski definition) is 3. The lowest BCUT2D eigenvalue weighted by molar-refractivity contribution is -0.136. The number of halogens is 3. The average molecular weight is 588 g/mol. The number of rotatable bonds is 7. The van der Waals surface area contributed by atoms with Crippen molar-refractivity contribution in [1.29, 1.82) is 0 Å². The molecule has 3 N–H and O–H groups in total. The van der Waals surface area contributed by atoms with Gasteiger partial charge >= 0.3 is 6.18 Å². The Hall–Kier alpha value is -3.58. The Labute approximate surface area is 242 Å². The number of anilines is 3. The second-order valence-corrected chi connectivity index (χ2v) is 11.1. The number of piperidine rings is 1. The van der Waals surface area contributed by atoms with Gasteiger partial charge in [0, 0.05) is 62.0 Å². The van der Waals surface area contributed by atoms with E-state index in [0.717, 1.165) is 50.9 Å². The van der Waals surface area contributed by atoms with E-state index in [0.29, 0.717) is 55.6 Å². The molecule has 0 bridgehead atoms. The van der Waals surface area contributed by atoms with E-state index < -0.39 is 11.7 Å². The molecule has 2 saturated heterocycles. The van der Waals surface area contributed by atoms with Gasteiger partial charge in [-0.3, -0.25) is 9.69 Å². The molecule has 10 nitrogen and oxygen atoms in total. The Balaban J connectivity index is 1.23. The summed E-state index contributed by atoms with van der Waals surface area (Å²) in [6.45, 7) is 9.06. The molecule has 1 amide bonds. The number of alkyl halides is 3. The fraction of sp³-hybridized carbons (Fsp3) is 0.552. The predicted octanol–water partition coefficient (Wildman–Crippen LogP) is 4.80. The summed E-state index contributed by atoms with van der Waals surface area (Å²) >= 11 is 0. The van der Waals surface area contributed by atoms with Crippen molar-refractivity contribution in [3.8, 4) is 5.75 Å². The number of aromatic nitrogens is 3. The minimum Gasteiger partial charge on any atom is -0.491 e. The maximum absolute atomic E-state index is 13.7. The van der Waals surface area contributed by atoms with Crippen LogP contribution in [-0.2, 0) is 17.3 Å². The molecule has 5 heterocycles. The first-order chi connectivity index (χ1) is 20.2. The fourth-order valence-corrected chi connectivity index (χ4v) is 6.01. The van der Waals surface area contributed by atoms with Crippen molar-refractivity contribution in [2.75, 3.05) is 56.6 Å². The van der Waals surface area contributed by atoms with Crippen molar-refractivity contribution in [2.45, 2.75) is 57.8 Å². The molecule has 0 radical (unpaired) electrons. The monoisotopic (exact) mass is 587 g/mol. The maximum atomic E-state index is 13.7. The smallest absolute Gasteiger partial charge is 0.418 e. The number of aromatic amines is 1. The number of carbonyl (C=O) groups is 1. The van der Waals surface area contributed by atoms with E-state index in [2.05, 4.69) is 30.5 Å². The third kappa shape index (κ3) is 5.59. The number of carbonyl (C=O) groups excluding carboxylic acids is 1. The molecule has 1 unspecified atom stereocenters. The number of morpholine rings is 1. The van der Waals surface area contributed by atoms with E-state index in [9.17, 15) is 18.0 Å². The van der Waals surface area contributed by atoms with Crippen LogP contribution < -0.4 is 15.4 Å². The highest BCUT2D eigenvalue weighted by Gasteiger charge is 2.36. The van der Waals surface area contributed by atoms with E-state index >= 15 is 0 Å². The predicted molar refractivity (Wildman–Crippen MR) is 153 cm³/mol. The minimum absolute atomic E-state index is 0.00694. The summed E-state index contributed by atoms with van der Waals surface area (Å²) in [5, 5.41) is 6.13. The van der Waals surface area contributed by atoms with Gasteiger partial charge in [0.2, 0.25) is 5.95 Å². The van der Waals surface area contributed by atoms with Crippen LogP contribution in [0.25, 0.3) is 11.0 Å². The Morgan fingerprint density at radius 3 is 2.62 bits per heavy atom. The van der Waals surface area contributed by atoms with Gasteiger partial charge in [0.1, 0.15) is 17.2 Å². The van der Waals surface area contributed by atoms with Crippen molar-refractivity contribution in [2.24, 2.45) is 0 Å². The molecule has 1 atom stereocenters. The summed E-state index contributed by atoms with van der Waals surface area (Å²) in [5.74, 6) is 0.750. The number of fused-ring (bicyclic) bond motifs is 2. The van der Waals surface area contributed by atoms with Crippen molar-refractivity contribution < 1.29 is 27.4 Å². The van der Waals surface area contributed by atoms with Crippen molar-refractivity contribution in [3.05, 3.63) is 35.0 Å². The lowest BCUT2D eigenvalue weighted by atomic mass is 9.99. The topological polar surface area (TPSA) is 108 Å². The number of benzene rings is 1. The molecular weight excluding hydrogens is 551 g/mol. The van der Waals surface area contributed by atoms with Crippen LogP contribution in [0.2, 0.25) is 0 Å². The molecule has 0 aliphatic carbocycles. The largest absolute Gasteiger partial charge is 0.491 e. The van der Waals surface area contributed by atoms with Gasteiger partial charge in [-0.25, -0.2) is 0 Å². The zero-order valence-corrected chi connectivity index (χ0v) is 23.8. The van der Waals surface area contributed by atoms with Crippen molar-refractivity contribution >= 4 is 34.4 Å². The zero-order chi connectivity index (χ0) is 29.4. The normalized spacial score (nSPS) is 19.0. The molecule has 6 rings (SSSR count). The highest BCUT2D eigenvalue weighted by atomic mass is 19.4. The third-order valence-electron chi connectivity index (χ3n) is 8.48. The molecule has 3 aliphatic heterocycles. The van der Waals surface area contributed by atoms with Crippen LogP contribution in [0, 0.1) is 0 Å². The summed E-state index contributed by atoms with van der Waals surface area (Å²) in [4.78, 5) is 29.4. The number of nitrogens with zero attached hydrogens (tertiary/aromatic N) is 4. The Morgan fingerprint density at radius 1 is 1.14 bits per heavy atom. The van der Waals surface area contributed by atoms with Gasteiger partial charge in [-0.1, -0.05) is 6.92 Å². The minimum atomic E-state index is -4.56. The summed E-state index contributed by atoms with van der Waals surface area (Å²) in [7, 11) is 0. The molecule has 13 heteroatoms. The van der Waals surface area contributed by atoms with Crippen LogP contribution in [0.3, 0.4) is 0 Å². The molecule has 3 aliphatic rings. The Kier molecular flexibility index (Phi) is 7.88. The Morgan fingerprint density at radius 2 is 1.90 bits per heavy atom. The Bertz CT molecular complexity index is 1450. The van der Waals surface area contributed by atoms with Gasteiger partial charge in [0.05, 0.1) is 36.5 Å². The SMILES string of the molecule is CCC(C)Nc1nc(Nc2ccc(C(=O)N3CCC(N4CCOCC4)CC3)c3c2OCC3)nc2[nH]cc(C(F)(F)F)c12. The van der Waals surface area contributed by atoms with Crippen molar-refractivity contribution in [3.63, 3.8) is 0 Å². The number of nitrogens with one attached hydrogen (secondary N) is 3. The standard InChI is InChI=1S/C29H36F3N7O3/c1-3-17(2)34-26-23-21(29(30,31)32)16-33-25(23)36-28(37-26)35-22-5-4-20(19-8-13-42-24(19)22)27(40)39-9-6-18(7-10-39)38-11-14-41-15-12-38/h4-5,16-18H,3,6-15H2,1-2H3,(H3,33,34,35,36,37). The van der Waals surface area contributed by atoms with E-state index in [1.54, 1.807) is 12.1 Å². The lowest BCUT2D eigenvalue weighted by Crippen LogP contribution is -2.50. The fourth-order valence-electron chi connectivity index (χ4n) is 6.01. The van der Waals surface area contributed by atoms with E-state index in [1.807, 2.05) is 18.7 Å². The average Bonchev–Trinajstić information content (AvgIpc) is 3.66. The molecular formula is C29H36F3N7O3. The van der Waals surface area contributed by atoms with E-state index in [4.69, 9.17) is 9.47 Å². The quantitative estimate of drug-likeness (QED) is 0.362.